The van der Waals surface area contributed by atoms with E-state index in [0.717, 1.165) is 58.0 Å². The zero-order valence-electron chi connectivity index (χ0n) is 21.9. The Morgan fingerprint density at radius 1 is 1.20 bits per heavy atom. The van der Waals surface area contributed by atoms with Crippen molar-refractivity contribution in [1.29, 1.82) is 0 Å². The van der Waals surface area contributed by atoms with Gasteiger partial charge in [0.25, 0.3) is 0 Å². The molecule has 0 saturated carbocycles. The molecular formula is C29H44O6. The number of carbonyl (C=O) groups excluding carboxylic acids is 2. The van der Waals surface area contributed by atoms with Crippen LogP contribution in [-0.2, 0) is 28.5 Å². The molecule has 0 aromatic rings. The van der Waals surface area contributed by atoms with E-state index in [1.807, 2.05) is 13.8 Å². The Bertz CT molecular complexity index is 797. The molecule has 4 aliphatic rings. The summed E-state index contributed by atoms with van der Waals surface area (Å²) < 4.78 is 23.7. The van der Waals surface area contributed by atoms with Crippen LogP contribution in [0.25, 0.3) is 0 Å². The summed E-state index contributed by atoms with van der Waals surface area (Å²) >= 11 is 0. The first-order valence-corrected chi connectivity index (χ1v) is 13.9. The molecule has 2 unspecified atom stereocenters. The number of ether oxygens (including phenoxy) is 4. The minimum Gasteiger partial charge on any atom is -0.462 e. The molecule has 0 aromatic heterocycles. The predicted octanol–water partition coefficient (Wildman–Crippen LogP) is 5.75. The summed E-state index contributed by atoms with van der Waals surface area (Å²) in [6, 6.07) is 0. The lowest BCUT2D eigenvalue weighted by molar-refractivity contribution is -0.209. The molecule has 2 aliphatic carbocycles. The lowest BCUT2D eigenvalue weighted by atomic mass is 9.65. The van der Waals surface area contributed by atoms with E-state index in [9.17, 15) is 9.59 Å². The molecule has 2 saturated heterocycles. The number of carbonyl (C=O) groups is 2. The van der Waals surface area contributed by atoms with Crippen LogP contribution in [0.5, 0.6) is 0 Å². The number of fused-ring (bicyclic) bond motifs is 1. The maximum Gasteiger partial charge on any atom is 0.308 e. The normalized spacial score (nSPS) is 38.2. The van der Waals surface area contributed by atoms with Gasteiger partial charge in [0.05, 0.1) is 18.4 Å². The molecular weight excluding hydrogens is 444 g/mol. The number of allylic oxidation sites excluding steroid dienone is 3. The third-order valence-corrected chi connectivity index (χ3v) is 8.40. The molecule has 6 heteroatoms. The maximum absolute atomic E-state index is 12.7. The fourth-order valence-electron chi connectivity index (χ4n) is 6.19. The Morgan fingerprint density at radius 2 is 2.03 bits per heavy atom. The quantitative estimate of drug-likeness (QED) is 0.405. The summed E-state index contributed by atoms with van der Waals surface area (Å²) in [4.78, 5) is 25.1. The average molecular weight is 489 g/mol. The van der Waals surface area contributed by atoms with Gasteiger partial charge in [0.2, 0.25) is 0 Å². The van der Waals surface area contributed by atoms with E-state index in [1.165, 1.54) is 5.57 Å². The van der Waals surface area contributed by atoms with Gasteiger partial charge in [0.15, 0.2) is 6.29 Å². The third kappa shape index (κ3) is 6.76. The summed E-state index contributed by atoms with van der Waals surface area (Å²) in [5.74, 6) is 0.952. The van der Waals surface area contributed by atoms with Gasteiger partial charge in [-0.05, 0) is 68.3 Å². The fourth-order valence-corrected chi connectivity index (χ4v) is 6.19. The summed E-state index contributed by atoms with van der Waals surface area (Å²) in [7, 11) is 0. The molecule has 6 nitrogen and oxygen atoms in total. The van der Waals surface area contributed by atoms with Crippen LogP contribution in [0.15, 0.2) is 23.8 Å². The molecule has 2 aliphatic heterocycles. The van der Waals surface area contributed by atoms with Crippen molar-refractivity contribution in [3.8, 4) is 0 Å². The molecule has 9 atom stereocenters. The topological polar surface area (TPSA) is 71.1 Å². The highest BCUT2D eigenvalue weighted by Crippen LogP contribution is 2.45. The summed E-state index contributed by atoms with van der Waals surface area (Å²) in [5.41, 5.74) is 1.30. The van der Waals surface area contributed by atoms with Crippen LogP contribution in [0.1, 0.15) is 85.5 Å². The minimum absolute atomic E-state index is 0.0820. The molecule has 2 heterocycles. The third-order valence-electron chi connectivity index (χ3n) is 8.40. The van der Waals surface area contributed by atoms with Gasteiger partial charge in [0, 0.05) is 18.9 Å². The molecule has 2 fully saturated rings. The molecule has 0 aromatic carbocycles. The van der Waals surface area contributed by atoms with Crippen LogP contribution in [0.4, 0.5) is 0 Å². The van der Waals surface area contributed by atoms with Gasteiger partial charge < -0.3 is 18.9 Å². The zero-order chi connectivity index (χ0) is 24.9. The second kappa shape index (κ2) is 12.1. The SMILES string of the molecule is CC[C@@H](C)C(=O)O[C@H]1C[C@H](C)C=C2C=C[C@@H](C)[C@@H](CCC3C[C@@H](OC4CCCCO4)CC(=O)O3)[C@@H]21. The van der Waals surface area contributed by atoms with Crippen molar-refractivity contribution < 1.29 is 28.5 Å². The van der Waals surface area contributed by atoms with Crippen LogP contribution in [0.2, 0.25) is 0 Å². The minimum atomic E-state index is -0.193. The number of esters is 2. The highest BCUT2D eigenvalue weighted by molar-refractivity contribution is 5.72. The Balaban J connectivity index is 1.41. The smallest absolute Gasteiger partial charge is 0.308 e. The molecule has 0 spiro atoms. The molecule has 0 amide bonds. The van der Waals surface area contributed by atoms with E-state index < -0.39 is 0 Å². The summed E-state index contributed by atoms with van der Waals surface area (Å²) in [5, 5.41) is 0. The van der Waals surface area contributed by atoms with E-state index >= 15 is 0 Å². The van der Waals surface area contributed by atoms with Crippen molar-refractivity contribution in [1.82, 2.24) is 0 Å². The first kappa shape index (κ1) is 26.4. The largest absolute Gasteiger partial charge is 0.462 e. The van der Waals surface area contributed by atoms with Gasteiger partial charge >= 0.3 is 11.9 Å². The van der Waals surface area contributed by atoms with Crippen molar-refractivity contribution in [2.45, 2.75) is 110 Å². The monoisotopic (exact) mass is 488 g/mol. The zero-order valence-corrected chi connectivity index (χ0v) is 21.9. The van der Waals surface area contributed by atoms with Crippen LogP contribution in [-0.4, -0.2) is 43.1 Å². The second-order valence-corrected chi connectivity index (χ2v) is 11.3. The van der Waals surface area contributed by atoms with E-state index in [1.54, 1.807) is 0 Å². The first-order chi connectivity index (χ1) is 16.8. The van der Waals surface area contributed by atoms with Crippen LogP contribution in [0, 0.1) is 29.6 Å². The van der Waals surface area contributed by atoms with Crippen molar-refractivity contribution in [2.75, 3.05) is 6.61 Å². The maximum atomic E-state index is 12.7. The molecule has 0 N–H and O–H groups in total. The van der Waals surface area contributed by atoms with Gasteiger partial charge in [-0.3, -0.25) is 9.59 Å². The molecule has 4 rings (SSSR count). The molecule has 196 valence electrons. The van der Waals surface area contributed by atoms with Gasteiger partial charge in [-0.25, -0.2) is 0 Å². The van der Waals surface area contributed by atoms with E-state index in [2.05, 4.69) is 32.1 Å². The van der Waals surface area contributed by atoms with E-state index in [4.69, 9.17) is 18.9 Å². The lowest BCUT2D eigenvalue weighted by Gasteiger charge is -2.43. The highest BCUT2D eigenvalue weighted by Gasteiger charge is 2.42. The van der Waals surface area contributed by atoms with Crippen molar-refractivity contribution >= 4 is 11.9 Å². The fraction of sp³-hybridized carbons (Fsp3) is 0.793. The van der Waals surface area contributed by atoms with Crippen molar-refractivity contribution in [3.63, 3.8) is 0 Å². The van der Waals surface area contributed by atoms with E-state index in [0.29, 0.717) is 24.2 Å². The second-order valence-electron chi connectivity index (χ2n) is 11.3. The summed E-state index contributed by atoms with van der Waals surface area (Å²) in [6.07, 6.45) is 13.8. The number of hydrogen-bond donors (Lipinski definition) is 0. The van der Waals surface area contributed by atoms with E-state index in [-0.39, 0.29) is 48.4 Å². The molecule has 0 bridgehead atoms. The first-order valence-electron chi connectivity index (χ1n) is 13.9. The van der Waals surface area contributed by atoms with Gasteiger partial charge in [0.1, 0.15) is 12.2 Å². The number of hydrogen-bond acceptors (Lipinski definition) is 6. The van der Waals surface area contributed by atoms with Gasteiger partial charge in [-0.1, -0.05) is 45.9 Å². The number of cyclic esters (lactones) is 1. The van der Waals surface area contributed by atoms with Crippen LogP contribution < -0.4 is 0 Å². The van der Waals surface area contributed by atoms with Crippen molar-refractivity contribution in [3.05, 3.63) is 23.8 Å². The van der Waals surface area contributed by atoms with Crippen molar-refractivity contribution in [2.24, 2.45) is 29.6 Å². The Labute approximate surface area is 210 Å². The standard InChI is InChI=1S/C29H44O6/c1-5-19(3)29(31)35-25-15-18(2)14-21-10-9-20(4)24(28(21)25)12-11-22-16-23(17-26(30)33-22)34-27-8-6-7-13-32-27/h9-10,14,18-20,22-25,27-28H,5-8,11-13,15-17H2,1-4H3/t18-,19-,20-,22?,23-,24-,25+,27?,28-/m1/s1. The Kier molecular flexibility index (Phi) is 9.09. The molecule has 0 radical (unpaired) electrons. The van der Waals surface area contributed by atoms with Crippen LogP contribution >= 0.6 is 0 Å². The van der Waals surface area contributed by atoms with Crippen LogP contribution in [0.3, 0.4) is 0 Å². The number of rotatable bonds is 8. The summed E-state index contributed by atoms with van der Waals surface area (Å²) in [6.45, 7) is 9.16. The highest BCUT2D eigenvalue weighted by atomic mass is 16.7. The average Bonchev–Trinajstić information content (AvgIpc) is 2.83. The predicted molar refractivity (Wildman–Crippen MR) is 133 cm³/mol. The van der Waals surface area contributed by atoms with Gasteiger partial charge in [-0.15, -0.1) is 0 Å². The Hall–Kier alpha value is -1.66. The lowest BCUT2D eigenvalue weighted by Crippen LogP contribution is -2.42. The Morgan fingerprint density at radius 3 is 2.77 bits per heavy atom. The van der Waals surface area contributed by atoms with Gasteiger partial charge in [-0.2, -0.15) is 0 Å². The molecule has 35 heavy (non-hydrogen) atoms.